The molecule has 0 aliphatic carbocycles. The zero-order chi connectivity index (χ0) is 20.5. The number of rotatable bonds is 6. The van der Waals surface area contributed by atoms with Crippen molar-refractivity contribution in [3.05, 3.63) is 74.0 Å². The second kappa shape index (κ2) is 8.34. The Bertz CT molecular complexity index is 1130. The maximum absolute atomic E-state index is 13.4. The molecule has 4 rings (SSSR count). The number of benzene rings is 2. The van der Waals surface area contributed by atoms with E-state index in [0.29, 0.717) is 36.1 Å². The number of amides is 1. The van der Waals surface area contributed by atoms with Crippen LogP contribution < -0.4 is 5.43 Å². The predicted molar refractivity (Wildman–Crippen MR) is 118 cm³/mol. The van der Waals surface area contributed by atoms with Gasteiger partial charge in [0.15, 0.2) is 5.43 Å². The van der Waals surface area contributed by atoms with Crippen LogP contribution in [0.4, 0.5) is 0 Å². The zero-order valence-electron chi connectivity index (χ0n) is 16.1. The summed E-state index contributed by atoms with van der Waals surface area (Å²) in [5, 5.41) is 0.468. The summed E-state index contributed by atoms with van der Waals surface area (Å²) in [6, 6.07) is 12.8. The highest BCUT2D eigenvalue weighted by Gasteiger charge is 2.42. The molecule has 7 heteroatoms. The SMILES string of the molecule is COCCCN1C(=O)c2oc3ccc(Br)cc3c(=O)c2C1c1ccc(SC)cc1. The van der Waals surface area contributed by atoms with Crippen LogP contribution in [-0.4, -0.2) is 37.3 Å². The van der Waals surface area contributed by atoms with Gasteiger partial charge in [-0.3, -0.25) is 9.59 Å². The molecule has 2 heterocycles. The first-order chi connectivity index (χ1) is 14.0. The van der Waals surface area contributed by atoms with Gasteiger partial charge in [0.1, 0.15) is 5.58 Å². The van der Waals surface area contributed by atoms with Gasteiger partial charge < -0.3 is 14.1 Å². The van der Waals surface area contributed by atoms with Crippen molar-refractivity contribution in [1.29, 1.82) is 0 Å². The van der Waals surface area contributed by atoms with Gasteiger partial charge in [-0.2, -0.15) is 0 Å². The summed E-state index contributed by atoms with van der Waals surface area (Å²) in [7, 11) is 1.63. The Kier molecular flexibility index (Phi) is 5.81. The number of ether oxygens (including phenoxy) is 1. The van der Waals surface area contributed by atoms with Crippen molar-refractivity contribution >= 4 is 44.6 Å². The van der Waals surface area contributed by atoms with Gasteiger partial charge in [0.25, 0.3) is 5.91 Å². The van der Waals surface area contributed by atoms with Crippen LogP contribution in [0.3, 0.4) is 0 Å². The standard InChI is InChI=1S/C22H20BrNO4S/c1-27-11-3-10-24-19(13-4-7-15(29-2)8-5-13)18-20(25)16-12-14(23)6-9-17(16)28-21(18)22(24)26/h4-9,12,19H,3,10-11H2,1-2H3. The Morgan fingerprint density at radius 2 is 1.93 bits per heavy atom. The van der Waals surface area contributed by atoms with Crippen LogP contribution in [0.1, 0.15) is 34.1 Å². The van der Waals surface area contributed by atoms with Gasteiger partial charge in [0.05, 0.1) is 17.0 Å². The number of hydrogen-bond acceptors (Lipinski definition) is 5. The summed E-state index contributed by atoms with van der Waals surface area (Å²) in [6.45, 7) is 1.01. The fourth-order valence-corrected chi connectivity index (χ4v) is 4.50. The van der Waals surface area contributed by atoms with Crippen LogP contribution in [0.15, 0.2) is 61.0 Å². The van der Waals surface area contributed by atoms with Gasteiger partial charge in [-0.15, -0.1) is 11.8 Å². The Hall–Kier alpha value is -2.09. The number of thioether (sulfide) groups is 1. The fraction of sp³-hybridized carbons (Fsp3) is 0.273. The van der Waals surface area contributed by atoms with Crippen molar-refractivity contribution in [3.8, 4) is 0 Å². The molecule has 1 amide bonds. The Balaban J connectivity index is 1.90. The van der Waals surface area contributed by atoms with E-state index in [9.17, 15) is 9.59 Å². The topological polar surface area (TPSA) is 59.8 Å². The molecule has 1 aliphatic rings. The molecule has 1 atom stereocenters. The molecule has 0 saturated heterocycles. The molecule has 0 saturated carbocycles. The average Bonchev–Trinajstić information content (AvgIpc) is 3.01. The minimum atomic E-state index is -0.468. The lowest BCUT2D eigenvalue weighted by Gasteiger charge is -2.25. The van der Waals surface area contributed by atoms with Crippen LogP contribution in [0.25, 0.3) is 11.0 Å². The van der Waals surface area contributed by atoms with E-state index in [0.717, 1.165) is 14.9 Å². The summed E-state index contributed by atoms with van der Waals surface area (Å²) in [5.41, 5.74) is 1.56. The van der Waals surface area contributed by atoms with Crippen LogP contribution in [-0.2, 0) is 4.74 Å². The van der Waals surface area contributed by atoms with Crippen molar-refractivity contribution in [2.75, 3.05) is 26.5 Å². The summed E-state index contributed by atoms with van der Waals surface area (Å²) in [5.74, 6) is -0.113. The fourth-order valence-electron chi connectivity index (χ4n) is 3.74. The summed E-state index contributed by atoms with van der Waals surface area (Å²) < 4.78 is 11.9. The normalized spacial score (nSPS) is 15.9. The largest absolute Gasteiger partial charge is 0.450 e. The Morgan fingerprint density at radius 1 is 1.17 bits per heavy atom. The van der Waals surface area contributed by atoms with Gasteiger partial charge >= 0.3 is 0 Å². The smallest absolute Gasteiger partial charge is 0.290 e. The average molecular weight is 474 g/mol. The van der Waals surface area contributed by atoms with E-state index >= 15 is 0 Å². The molecule has 3 aromatic rings. The van der Waals surface area contributed by atoms with Gasteiger partial charge in [0, 0.05) is 29.6 Å². The molecule has 0 radical (unpaired) electrons. The molecule has 29 heavy (non-hydrogen) atoms. The van der Waals surface area contributed by atoms with Crippen molar-refractivity contribution in [2.45, 2.75) is 17.4 Å². The third-order valence-corrected chi connectivity index (χ3v) is 6.34. The first kappa shape index (κ1) is 20.2. The molecule has 0 bridgehead atoms. The summed E-state index contributed by atoms with van der Waals surface area (Å²) in [4.78, 5) is 29.5. The number of halogens is 1. The number of fused-ring (bicyclic) bond motifs is 2. The Labute approximate surface area is 181 Å². The van der Waals surface area contributed by atoms with E-state index in [-0.39, 0.29) is 17.1 Å². The molecule has 1 unspecified atom stereocenters. The highest BCUT2D eigenvalue weighted by atomic mass is 79.9. The molecule has 1 aliphatic heterocycles. The lowest BCUT2D eigenvalue weighted by molar-refractivity contribution is 0.0708. The maximum atomic E-state index is 13.4. The Morgan fingerprint density at radius 3 is 2.62 bits per heavy atom. The molecule has 1 aromatic heterocycles. The van der Waals surface area contributed by atoms with E-state index in [4.69, 9.17) is 9.15 Å². The van der Waals surface area contributed by atoms with E-state index in [2.05, 4.69) is 15.9 Å². The first-order valence-electron chi connectivity index (χ1n) is 9.25. The van der Waals surface area contributed by atoms with Crippen molar-refractivity contribution in [3.63, 3.8) is 0 Å². The number of carbonyl (C=O) groups excluding carboxylic acids is 1. The summed E-state index contributed by atoms with van der Waals surface area (Å²) >= 11 is 5.06. The third-order valence-electron chi connectivity index (χ3n) is 5.11. The van der Waals surface area contributed by atoms with Gasteiger partial charge in [0.2, 0.25) is 5.76 Å². The van der Waals surface area contributed by atoms with E-state index in [1.54, 1.807) is 42.0 Å². The second-order valence-corrected chi connectivity index (χ2v) is 8.63. The van der Waals surface area contributed by atoms with Crippen LogP contribution in [0.2, 0.25) is 0 Å². The molecule has 2 aromatic carbocycles. The maximum Gasteiger partial charge on any atom is 0.290 e. The predicted octanol–water partition coefficient (Wildman–Crippen LogP) is 4.86. The monoisotopic (exact) mass is 473 g/mol. The van der Waals surface area contributed by atoms with Gasteiger partial charge in [-0.25, -0.2) is 0 Å². The van der Waals surface area contributed by atoms with Crippen LogP contribution >= 0.6 is 27.7 Å². The third kappa shape index (κ3) is 3.63. The zero-order valence-corrected chi connectivity index (χ0v) is 18.5. The first-order valence-corrected chi connectivity index (χ1v) is 11.3. The van der Waals surface area contributed by atoms with E-state index in [1.807, 2.05) is 30.5 Å². The lowest BCUT2D eigenvalue weighted by atomic mass is 9.98. The van der Waals surface area contributed by atoms with Crippen molar-refractivity contribution in [2.24, 2.45) is 0 Å². The second-order valence-electron chi connectivity index (χ2n) is 6.84. The van der Waals surface area contributed by atoms with Gasteiger partial charge in [-0.1, -0.05) is 28.1 Å². The van der Waals surface area contributed by atoms with Crippen molar-refractivity contribution in [1.82, 2.24) is 4.90 Å². The quantitative estimate of drug-likeness (QED) is 0.377. The van der Waals surface area contributed by atoms with Crippen LogP contribution in [0.5, 0.6) is 0 Å². The van der Waals surface area contributed by atoms with Gasteiger partial charge in [-0.05, 0) is 48.6 Å². The van der Waals surface area contributed by atoms with E-state index in [1.165, 1.54) is 0 Å². The lowest BCUT2D eigenvalue weighted by Crippen LogP contribution is -2.31. The van der Waals surface area contributed by atoms with E-state index < -0.39 is 6.04 Å². The molecule has 150 valence electrons. The number of methoxy groups -OCH3 is 1. The molecule has 5 nitrogen and oxygen atoms in total. The highest BCUT2D eigenvalue weighted by Crippen LogP contribution is 2.38. The number of nitrogens with zero attached hydrogens (tertiary/aromatic N) is 1. The van der Waals surface area contributed by atoms with Crippen LogP contribution in [0, 0.1) is 0 Å². The summed E-state index contributed by atoms with van der Waals surface area (Å²) in [6.07, 6.45) is 2.69. The minimum absolute atomic E-state index is 0.140. The van der Waals surface area contributed by atoms with Crippen molar-refractivity contribution < 1.29 is 13.9 Å². The molecule has 0 fully saturated rings. The molecule has 0 N–H and O–H groups in total. The number of carbonyl (C=O) groups is 1. The molecular weight excluding hydrogens is 454 g/mol. The number of hydrogen-bond donors (Lipinski definition) is 0. The highest BCUT2D eigenvalue weighted by molar-refractivity contribution is 9.10. The minimum Gasteiger partial charge on any atom is -0.450 e. The molecular formula is C22H20BrNO4S. The molecule has 0 spiro atoms.